The maximum atomic E-state index is 12.5. The van der Waals surface area contributed by atoms with Crippen LogP contribution in [0.3, 0.4) is 0 Å². The molecule has 0 saturated carbocycles. The summed E-state index contributed by atoms with van der Waals surface area (Å²) in [7, 11) is 0. The van der Waals surface area contributed by atoms with Gasteiger partial charge >= 0.3 is 0 Å². The second-order valence-corrected chi connectivity index (χ2v) is 7.44. The van der Waals surface area contributed by atoms with Crippen molar-refractivity contribution in [1.82, 2.24) is 5.32 Å². The van der Waals surface area contributed by atoms with Crippen LogP contribution < -0.4 is 10.6 Å². The summed E-state index contributed by atoms with van der Waals surface area (Å²) in [5, 5.41) is 6.11. The smallest absolute Gasteiger partial charge is 0.257 e. The SMILES string of the molecule is O=C(NC[C@H]1OCCc2ccccc21)c1ccc(NC(=O)c2ccccc2Cl)cc1. The van der Waals surface area contributed by atoms with Crippen LogP contribution in [0.5, 0.6) is 0 Å². The monoisotopic (exact) mass is 420 g/mol. The van der Waals surface area contributed by atoms with Gasteiger partial charge in [0.2, 0.25) is 0 Å². The van der Waals surface area contributed by atoms with E-state index in [1.807, 2.05) is 18.2 Å². The Morgan fingerprint density at radius 2 is 1.67 bits per heavy atom. The lowest BCUT2D eigenvalue weighted by atomic mass is 9.97. The topological polar surface area (TPSA) is 67.4 Å². The Bertz CT molecular complexity index is 1070. The number of ether oxygens (including phenoxy) is 1. The molecule has 0 saturated heterocycles. The lowest BCUT2D eigenvalue weighted by Gasteiger charge is -2.26. The Morgan fingerprint density at radius 3 is 2.47 bits per heavy atom. The van der Waals surface area contributed by atoms with Gasteiger partial charge in [-0.05, 0) is 53.9 Å². The Kier molecular flexibility index (Phi) is 6.12. The number of nitrogens with one attached hydrogen (secondary N) is 2. The molecule has 30 heavy (non-hydrogen) atoms. The van der Waals surface area contributed by atoms with Crippen molar-refractivity contribution >= 4 is 29.1 Å². The van der Waals surface area contributed by atoms with Gasteiger partial charge in [0.15, 0.2) is 0 Å². The first-order valence-corrected chi connectivity index (χ1v) is 10.1. The molecule has 0 radical (unpaired) electrons. The molecule has 5 nitrogen and oxygen atoms in total. The quantitative estimate of drug-likeness (QED) is 0.632. The van der Waals surface area contributed by atoms with E-state index in [1.54, 1.807) is 48.5 Å². The highest BCUT2D eigenvalue weighted by Crippen LogP contribution is 2.26. The highest BCUT2D eigenvalue weighted by atomic mass is 35.5. The van der Waals surface area contributed by atoms with Crippen LogP contribution in [0, 0.1) is 0 Å². The second kappa shape index (κ2) is 9.11. The summed E-state index contributed by atoms with van der Waals surface area (Å²) in [6.07, 6.45) is 0.746. The molecule has 152 valence electrons. The van der Waals surface area contributed by atoms with E-state index in [4.69, 9.17) is 16.3 Å². The number of rotatable bonds is 5. The number of hydrogen-bond acceptors (Lipinski definition) is 3. The molecule has 2 amide bonds. The van der Waals surface area contributed by atoms with Gasteiger partial charge in [-0.1, -0.05) is 48.0 Å². The number of carbonyl (C=O) groups excluding carboxylic acids is 2. The molecule has 1 aliphatic rings. The van der Waals surface area contributed by atoms with Crippen molar-refractivity contribution in [2.45, 2.75) is 12.5 Å². The Balaban J connectivity index is 1.36. The average molecular weight is 421 g/mol. The molecule has 0 aromatic heterocycles. The number of carbonyl (C=O) groups is 2. The van der Waals surface area contributed by atoms with Gasteiger partial charge in [0, 0.05) is 17.8 Å². The van der Waals surface area contributed by atoms with Crippen molar-refractivity contribution in [3.63, 3.8) is 0 Å². The van der Waals surface area contributed by atoms with E-state index in [0.717, 1.165) is 12.0 Å². The maximum Gasteiger partial charge on any atom is 0.257 e. The van der Waals surface area contributed by atoms with Crippen LogP contribution in [0.4, 0.5) is 5.69 Å². The molecule has 0 bridgehead atoms. The van der Waals surface area contributed by atoms with E-state index in [-0.39, 0.29) is 17.9 Å². The molecule has 0 fully saturated rings. The highest BCUT2D eigenvalue weighted by molar-refractivity contribution is 6.34. The van der Waals surface area contributed by atoms with Gasteiger partial charge in [-0.3, -0.25) is 9.59 Å². The van der Waals surface area contributed by atoms with Gasteiger partial charge in [0.25, 0.3) is 11.8 Å². The summed E-state index contributed by atoms with van der Waals surface area (Å²) in [6, 6.07) is 21.7. The summed E-state index contributed by atoms with van der Waals surface area (Å²) in [6.45, 7) is 1.05. The van der Waals surface area contributed by atoms with E-state index < -0.39 is 0 Å². The molecule has 6 heteroatoms. The van der Waals surface area contributed by atoms with Gasteiger partial charge < -0.3 is 15.4 Å². The third-order valence-electron chi connectivity index (χ3n) is 5.06. The maximum absolute atomic E-state index is 12.5. The molecular formula is C24H21ClN2O3. The molecular weight excluding hydrogens is 400 g/mol. The summed E-state index contributed by atoms with van der Waals surface area (Å²) in [5.41, 5.74) is 3.88. The van der Waals surface area contributed by atoms with E-state index in [9.17, 15) is 9.59 Å². The standard InChI is InChI=1S/C24H21ClN2O3/c25-21-8-4-3-7-20(21)24(29)27-18-11-9-17(10-12-18)23(28)26-15-22-19-6-2-1-5-16(19)13-14-30-22/h1-12,22H,13-15H2,(H,26,28)(H,27,29)/t22-/m1/s1. The third kappa shape index (κ3) is 4.53. The third-order valence-corrected chi connectivity index (χ3v) is 5.39. The van der Waals surface area contributed by atoms with Crippen LogP contribution >= 0.6 is 11.6 Å². The van der Waals surface area contributed by atoms with Crippen molar-refractivity contribution in [1.29, 1.82) is 0 Å². The average Bonchev–Trinajstić information content (AvgIpc) is 2.78. The number of fused-ring (bicyclic) bond motifs is 1. The van der Waals surface area contributed by atoms with Gasteiger partial charge in [-0.2, -0.15) is 0 Å². The van der Waals surface area contributed by atoms with E-state index in [2.05, 4.69) is 16.7 Å². The molecule has 0 unspecified atom stereocenters. The fourth-order valence-corrected chi connectivity index (χ4v) is 3.70. The molecule has 0 aliphatic carbocycles. The van der Waals surface area contributed by atoms with Crippen LogP contribution in [0.2, 0.25) is 5.02 Å². The zero-order chi connectivity index (χ0) is 20.9. The zero-order valence-electron chi connectivity index (χ0n) is 16.2. The molecule has 1 atom stereocenters. The molecule has 1 heterocycles. The fourth-order valence-electron chi connectivity index (χ4n) is 3.48. The van der Waals surface area contributed by atoms with Crippen LogP contribution in [0.25, 0.3) is 0 Å². The molecule has 1 aliphatic heterocycles. The summed E-state index contributed by atoms with van der Waals surface area (Å²) < 4.78 is 5.83. The first-order chi connectivity index (χ1) is 14.6. The molecule has 3 aromatic carbocycles. The largest absolute Gasteiger partial charge is 0.371 e. The second-order valence-electron chi connectivity index (χ2n) is 7.03. The summed E-state index contributed by atoms with van der Waals surface area (Å²) in [4.78, 5) is 24.9. The van der Waals surface area contributed by atoms with E-state index in [1.165, 1.54) is 5.56 Å². The fraction of sp³-hybridized carbons (Fsp3) is 0.167. The van der Waals surface area contributed by atoms with Gasteiger partial charge in [-0.15, -0.1) is 0 Å². The summed E-state index contributed by atoms with van der Waals surface area (Å²) in [5.74, 6) is -0.489. The number of hydrogen-bond donors (Lipinski definition) is 2. The van der Waals surface area contributed by atoms with Crippen molar-refractivity contribution in [3.8, 4) is 0 Å². The summed E-state index contributed by atoms with van der Waals surface area (Å²) >= 11 is 6.06. The predicted octanol–water partition coefficient (Wildman–Crippen LogP) is 4.64. The minimum absolute atomic E-state index is 0.145. The van der Waals surface area contributed by atoms with Gasteiger partial charge in [0.1, 0.15) is 6.10 Å². The van der Waals surface area contributed by atoms with E-state index in [0.29, 0.717) is 35.0 Å². The highest BCUT2D eigenvalue weighted by Gasteiger charge is 2.21. The van der Waals surface area contributed by atoms with Crippen LogP contribution in [-0.4, -0.2) is 25.0 Å². The first-order valence-electron chi connectivity index (χ1n) is 9.75. The van der Waals surface area contributed by atoms with Crippen LogP contribution in [-0.2, 0) is 11.2 Å². The van der Waals surface area contributed by atoms with Crippen molar-refractivity contribution in [3.05, 3.63) is 100 Å². The number of anilines is 1. The molecule has 2 N–H and O–H groups in total. The molecule has 4 rings (SSSR count). The predicted molar refractivity (Wildman–Crippen MR) is 117 cm³/mol. The minimum atomic E-state index is -0.300. The zero-order valence-corrected chi connectivity index (χ0v) is 17.0. The van der Waals surface area contributed by atoms with Crippen molar-refractivity contribution < 1.29 is 14.3 Å². The number of benzene rings is 3. The molecule has 3 aromatic rings. The van der Waals surface area contributed by atoms with Crippen LogP contribution in [0.1, 0.15) is 37.9 Å². The Hall–Kier alpha value is -3.15. The lowest BCUT2D eigenvalue weighted by molar-refractivity contribution is 0.0411. The minimum Gasteiger partial charge on any atom is -0.371 e. The van der Waals surface area contributed by atoms with Gasteiger partial charge in [0.05, 0.1) is 17.2 Å². The Labute approximate surface area is 180 Å². The Morgan fingerprint density at radius 1 is 0.933 bits per heavy atom. The number of halogens is 1. The van der Waals surface area contributed by atoms with Crippen molar-refractivity contribution in [2.75, 3.05) is 18.5 Å². The van der Waals surface area contributed by atoms with Crippen molar-refractivity contribution in [2.24, 2.45) is 0 Å². The first kappa shape index (κ1) is 20.1. The van der Waals surface area contributed by atoms with E-state index >= 15 is 0 Å². The molecule has 0 spiro atoms. The number of amides is 2. The van der Waals surface area contributed by atoms with Gasteiger partial charge in [-0.25, -0.2) is 0 Å². The normalized spacial score (nSPS) is 15.2. The van der Waals surface area contributed by atoms with Crippen LogP contribution in [0.15, 0.2) is 72.8 Å². The lowest BCUT2D eigenvalue weighted by Crippen LogP contribution is -2.31.